The summed E-state index contributed by atoms with van der Waals surface area (Å²) in [5.41, 5.74) is 4.80. The predicted octanol–water partition coefficient (Wildman–Crippen LogP) is 4.05. The second-order valence-corrected chi connectivity index (χ2v) is 5.62. The van der Waals surface area contributed by atoms with E-state index in [4.69, 9.17) is 16.6 Å². The highest BCUT2D eigenvalue weighted by Crippen LogP contribution is 2.19. The van der Waals surface area contributed by atoms with E-state index in [2.05, 4.69) is 15.8 Å². The van der Waals surface area contributed by atoms with Gasteiger partial charge in [0.1, 0.15) is 11.3 Å². The molecule has 0 saturated carbocycles. The molecule has 0 aliphatic rings. The third-order valence-electron chi connectivity index (χ3n) is 3.44. The number of nitrogens with zero attached hydrogens (tertiary/aromatic N) is 2. The summed E-state index contributed by atoms with van der Waals surface area (Å²) in [5.74, 6) is 0.645. The number of hydrazone groups is 1. The summed E-state index contributed by atoms with van der Waals surface area (Å²) in [6, 6.07) is 15.5. The van der Waals surface area contributed by atoms with Crippen LogP contribution in [0.5, 0.6) is 0 Å². The number of anilines is 1. The number of benzene rings is 2. The quantitative estimate of drug-likeness (QED) is 0.318. The average Bonchev–Trinajstić information content (AvgIpc) is 3.04. The normalized spacial score (nSPS) is 11.3. The van der Waals surface area contributed by atoms with Gasteiger partial charge in [-0.15, -0.1) is 0 Å². The molecule has 0 aliphatic heterocycles. The van der Waals surface area contributed by atoms with Crippen LogP contribution in [0.4, 0.5) is 11.4 Å². The zero-order chi connectivity index (χ0) is 17.8. The molecule has 0 atom stereocenters. The van der Waals surface area contributed by atoms with Crippen LogP contribution in [-0.2, 0) is 0 Å². The molecule has 0 fully saturated rings. The summed E-state index contributed by atoms with van der Waals surface area (Å²) >= 11 is 5.16. The smallest absolute Gasteiger partial charge is 0.269 e. The van der Waals surface area contributed by atoms with Crippen molar-refractivity contribution in [3.8, 4) is 0 Å². The standard InChI is InChI=1S/C17H14N4O3S/c1-11(16-10-12-4-2-3-5-15(12)24-16)19-20-17(25)18-13-6-8-14(9-7-13)21(22)23/h2-10H,1H3,(H2,18,20,25)/b19-11+. The van der Waals surface area contributed by atoms with Crippen molar-refractivity contribution >= 4 is 45.4 Å². The molecule has 8 heteroatoms. The Kier molecular flexibility index (Phi) is 4.71. The van der Waals surface area contributed by atoms with E-state index in [-0.39, 0.29) is 10.8 Å². The van der Waals surface area contributed by atoms with Gasteiger partial charge in [0.15, 0.2) is 10.9 Å². The molecule has 0 aliphatic carbocycles. The Labute approximate surface area is 148 Å². The van der Waals surface area contributed by atoms with Crippen molar-refractivity contribution < 1.29 is 9.34 Å². The molecule has 0 bridgehead atoms. The fourth-order valence-electron chi connectivity index (χ4n) is 2.18. The van der Waals surface area contributed by atoms with Crippen LogP contribution in [0.25, 0.3) is 11.0 Å². The Morgan fingerprint density at radius 3 is 2.60 bits per heavy atom. The third-order valence-corrected chi connectivity index (χ3v) is 3.64. The fraction of sp³-hybridized carbons (Fsp3) is 0.0588. The fourth-order valence-corrected chi connectivity index (χ4v) is 2.34. The Morgan fingerprint density at radius 2 is 1.92 bits per heavy atom. The number of nitrogens with one attached hydrogen (secondary N) is 2. The molecule has 126 valence electrons. The van der Waals surface area contributed by atoms with E-state index in [0.29, 0.717) is 17.2 Å². The molecule has 0 amide bonds. The van der Waals surface area contributed by atoms with Crippen LogP contribution in [0.2, 0.25) is 0 Å². The Hall–Kier alpha value is -3.26. The number of hydrogen-bond acceptors (Lipinski definition) is 5. The SMILES string of the molecule is C/C(=N\NC(=S)Nc1ccc([N+](=O)[O-])cc1)c1cc2ccccc2o1. The number of furan rings is 1. The first kappa shape index (κ1) is 16.6. The van der Waals surface area contributed by atoms with Crippen molar-refractivity contribution in [1.82, 2.24) is 5.43 Å². The van der Waals surface area contributed by atoms with Gasteiger partial charge in [0, 0.05) is 23.2 Å². The first-order valence-corrected chi connectivity index (χ1v) is 7.78. The van der Waals surface area contributed by atoms with Crippen LogP contribution in [0, 0.1) is 10.1 Å². The Morgan fingerprint density at radius 1 is 1.20 bits per heavy atom. The van der Waals surface area contributed by atoms with E-state index in [1.54, 1.807) is 19.1 Å². The summed E-state index contributed by atoms with van der Waals surface area (Å²) in [6.45, 7) is 1.80. The van der Waals surface area contributed by atoms with Gasteiger partial charge in [-0.2, -0.15) is 5.10 Å². The molecule has 2 aromatic carbocycles. The summed E-state index contributed by atoms with van der Waals surface area (Å²) in [6.07, 6.45) is 0. The molecule has 3 aromatic rings. The van der Waals surface area contributed by atoms with Gasteiger partial charge in [0.2, 0.25) is 0 Å². The van der Waals surface area contributed by atoms with Gasteiger partial charge in [-0.25, -0.2) is 0 Å². The van der Waals surface area contributed by atoms with Gasteiger partial charge in [0.25, 0.3) is 5.69 Å². The molecule has 0 unspecified atom stereocenters. The van der Waals surface area contributed by atoms with Gasteiger partial charge >= 0.3 is 0 Å². The largest absolute Gasteiger partial charge is 0.455 e. The molecule has 0 saturated heterocycles. The Balaban J connectivity index is 1.64. The van der Waals surface area contributed by atoms with Gasteiger partial charge in [-0.05, 0) is 43.4 Å². The maximum absolute atomic E-state index is 10.6. The molecule has 0 radical (unpaired) electrons. The molecular weight excluding hydrogens is 340 g/mol. The first-order chi connectivity index (χ1) is 12.0. The lowest BCUT2D eigenvalue weighted by atomic mass is 10.2. The minimum atomic E-state index is -0.457. The summed E-state index contributed by atoms with van der Waals surface area (Å²) < 4.78 is 5.72. The maximum atomic E-state index is 10.6. The van der Waals surface area contributed by atoms with Crippen molar-refractivity contribution in [2.24, 2.45) is 5.10 Å². The van der Waals surface area contributed by atoms with E-state index in [9.17, 15) is 10.1 Å². The minimum absolute atomic E-state index is 0.0168. The van der Waals surface area contributed by atoms with Crippen molar-refractivity contribution in [3.05, 3.63) is 70.5 Å². The number of non-ortho nitro benzene ring substituents is 1. The van der Waals surface area contributed by atoms with Crippen molar-refractivity contribution in [2.75, 3.05) is 5.32 Å². The number of fused-ring (bicyclic) bond motifs is 1. The lowest BCUT2D eigenvalue weighted by Crippen LogP contribution is -2.24. The number of thiocarbonyl (C=S) groups is 1. The van der Waals surface area contributed by atoms with Crippen molar-refractivity contribution in [3.63, 3.8) is 0 Å². The van der Waals surface area contributed by atoms with Gasteiger partial charge in [-0.3, -0.25) is 15.5 Å². The van der Waals surface area contributed by atoms with Crippen LogP contribution < -0.4 is 10.7 Å². The molecule has 7 nitrogen and oxygen atoms in total. The summed E-state index contributed by atoms with van der Waals surface area (Å²) in [4.78, 5) is 10.2. The lowest BCUT2D eigenvalue weighted by molar-refractivity contribution is -0.384. The van der Waals surface area contributed by atoms with Gasteiger partial charge in [0.05, 0.1) is 4.92 Å². The van der Waals surface area contributed by atoms with E-state index in [0.717, 1.165) is 11.0 Å². The zero-order valence-electron chi connectivity index (χ0n) is 13.2. The highest BCUT2D eigenvalue weighted by molar-refractivity contribution is 7.80. The van der Waals surface area contributed by atoms with E-state index >= 15 is 0 Å². The second-order valence-electron chi connectivity index (χ2n) is 5.22. The highest BCUT2D eigenvalue weighted by Gasteiger charge is 2.07. The second kappa shape index (κ2) is 7.10. The van der Waals surface area contributed by atoms with Gasteiger partial charge in [-0.1, -0.05) is 18.2 Å². The van der Waals surface area contributed by atoms with Crippen LogP contribution in [0.15, 0.2) is 64.1 Å². The molecule has 1 heterocycles. The number of rotatable bonds is 4. The summed E-state index contributed by atoms with van der Waals surface area (Å²) in [7, 11) is 0. The number of nitro groups is 1. The third kappa shape index (κ3) is 3.99. The lowest BCUT2D eigenvalue weighted by Gasteiger charge is -2.07. The summed E-state index contributed by atoms with van der Waals surface area (Å²) in [5, 5.41) is 19.0. The van der Waals surface area contributed by atoms with Crippen molar-refractivity contribution in [1.29, 1.82) is 0 Å². The van der Waals surface area contributed by atoms with Crippen LogP contribution >= 0.6 is 12.2 Å². The molecule has 3 rings (SSSR count). The van der Waals surface area contributed by atoms with Crippen LogP contribution in [0.1, 0.15) is 12.7 Å². The first-order valence-electron chi connectivity index (χ1n) is 7.37. The number of hydrogen-bond donors (Lipinski definition) is 2. The molecule has 2 N–H and O–H groups in total. The minimum Gasteiger partial charge on any atom is -0.455 e. The van der Waals surface area contributed by atoms with E-state index in [1.807, 2.05) is 30.3 Å². The van der Waals surface area contributed by atoms with Crippen LogP contribution in [-0.4, -0.2) is 15.7 Å². The van der Waals surface area contributed by atoms with Crippen molar-refractivity contribution in [2.45, 2.75) is 6.92 Å². The van der Waals surface area contributed by atoms with Crippen LogP contribution in [0.3, 0.4) is 0 Å². The Bertz CT molecular complexity index is 930. The van der Waals surface area contributed by atoms with E-state index in [1.165, 1.54) is 12.1 Å². The van der Waals surface area contributed by atoms with E-state index < -0.39 is 4.92 Å². The van der Waals surface area contributed by atoms with Gasteiger partial charge < -0.3 is 9.73 Å². The number of nitro benzene ring substituents is 1. The molecular formula is C17H14N4O3S. The topological polar surface area (TPSA) is 92.7 Å². The predicted molar refractivity (Wildman–Crippen MR) is 101 cm³/mol. The average molecular weight is 354 g/mol. The highest BCUT2D eigenvalue weighted by atomic mass is 32.1. The number of para-hydroxylation sites is 1. The molecule has 0 spiro atoms. The zero-order valence-corrected chi connectivity index (χ0v) is 14.0. The maximum Gasteiger partial charge on any atom is 0.269 e. The monoisotopic (exact) mass is 354 g/mol. The molecule has 25 heavy (non-hydrogen) atoms. The molecule has 1 aromatic heterocycles.